The van der Waals surface area contributed by atoms with Crippen LogP contribution in [0.15, 0.2) is 28.7 Å². The molecule has 0 saturated heterocycles. The number of aromatic nitrogens is 2. The van der Waals surface area contributed by atoms with Gasteiger partial charge < -0.3 is 10.1 Å². The molecule has 1 amide bonds. The first-order valence-electron chi connectivity index (χ1n) is 5.71. The van der Waals surface area contributed by atoms with Crippen molar-refractivity contribution in [3.8, 4) is 11.1 Å². The maximum Gasteiger partial charge on any atom is 0.251 e. The first-order valence-corrected chi connectivity index (χ1v) is 6.51. The normalized spacial score (nSPS) is 10.5. The number of methoxy groups -OCH3 is 1. The van der Waals surface area contributed by atoms with Crippen LogP contribution in [0.3, 0.4) is 0 Å². The van der Waals surface area contributed by atoms with Gasteiger partial charge in [-0.05, 0) is 24.6 Å². The standard InChI is InChI=1S/C13H14BrN3O2/c1-8-12(9-3-5-10(14)6-4-9)13(17-16-8)15-11(18)7-19-2/h3-6H,7H2,1-2H3,(H2,15,16,17,18). The molecule has 1 aromatic carbocycles. The minimum atomic E-state index is -0.229. The molecule has 0 unspecified atom stereocenters. The summed E-state index contributed by atoms with van der Waals surface area (Å²) in [5.74, 6) is 0.286. The summed E-state index contributed by atoms with van der Waals surface area (Å²) in [4.78, 5) is 11.6. The van der Waals surface area contributed by atoms with Gasteiger partial charge in [-0.25, -0.2) is 0 Å². The lowest BCUT2D eigenvalue weighted by Gasteiger charge is -2.06. The zero-order valence-corrected chi connectivity index (χ0v) is 12.2. The fourth-order valence-electron chi connectivity index (χ4n) is 1.79. The Hall–Kier alpha value is -1.66. The third kappa shape index (κ3) is 3.21. The Morgan fingerprint density at radius 1 is 1.42 bits per heavy atom. The van der Waals surface area contributed by atoms with Crippen molar-refractivity contribution in [2.75, 3.05) is 19.0 Å². The van der Waals surface area contributed by atoms with Crippen molar-refractivity contribution in [3.05, 3.63) is 34.4 Å². The highest BCUT2D eigenvalue weighted by Crippen LogP contribution is 2.30. The molecule has 0 spiro atoms. The van der Waals surface area contributed by atoms with Gasteiger partial charge in [0.1, 0.15) is 6.61 Å². The number of aromatic amines is 1. The van der Waals surface area contributed by atoms with E-state index in [9.17, 15) is 4.79 Å². The number of anilines is 1. The number of amides is 1. The van der Waals surface area contributed by atoms with Gasteiger partial charge in [0.15, 0.2) is 5.82 Å². The number of hydrogen-bond acceptors (Lipinski definition) is 3. The SMILES string of the molecule is COCC(=O)Nc1n[nH]c(C)c1-c1ccc(Br)cc1. The summed E-state index contributed by atoms with van der Waals surface area (Å²) in [7, 11) is 1.48. The van der Waals surface area contributed by atoms with Gasteiger partial charge in [-0.2, -0.15) is 5.10 Å². The number of aryl methyl sites for hydroxylation is 1. The molecule has 2 aromatic rings. The lowest BCUT2D eigenvalue weighted by atomic mass is 10.1. The summed E-state index contributed by atoms with van der Waals surface area (Å²) in [5, 5.41) is 9.72. The van der Waals surface area contributed by atoms with Crippen LogP contribution in [0.25, 0.3) is 11.1 Å². The molecule has 2 N–H and O–H groups in total. The van der Waals surface area contributed by atoms with Crippen molar-refractivity contribution in [1.29, 1.82) is 0 Å². The van der Waals surface area contributed by atoms with Crippen molar-refractivity contribution in [2.45, 2.75) is 6.92 Å². The monoisotopic (exact) mass is 323 g/mol. The second-order valence-corrected chi connectivity index (χ2v) is 4.98. The highest BCUT2D eigenvalue weighted by atomic mass is 79.9. The molecular formula is C13H14BrN3O2. The van der Waals surface area contributed by atoms with E-state index in [1.165, 1.54) is 7.11 Å². The molecule has 0 radical (unpaired) electrons. The van der Waals surface area contributed by atoms with Crippen molar-refractivity contribution < 1.29 is 9.53 Å². The van der Waals surface area contributed by atoms with E-state index >= 15 is 0 Å². The topological polar surface area (TPSA) is 67.0 Å². The van der Waals surface area contributed by atoms with Gasteiger partial charge in [-0.1, -0.05) is 28.1 Å². The zero-order chi connectivity index (χ0) is 13.8. The van der Waals surface area contributed by atoms with Crippen LogP contribution in [-0.4, -0.2) is 29.8 Å². The molecular weight excluding hydrogens is 310 g/mol. The van der Waals surface area contributed by atoms with Gasteiger partial charge in [0.05, 0.1) is 0 Å². The number of carbonyl (C=O) groups excluding carboxylic acids is 1. The number of H-pyrrole nitrogens is 1. The minimum absolute atomic E-state index is 0.00564. The number of halogens is 1. The molecule has 0 fully saturated rings. The first-order chi connectivity index (χ1) is 9.11. The third-order valence-electron chi connectivity index (χ3n) is 2.61. The highest BCUT2D eigenvalue weighted by molar-refractivity contribution is 9.10. The molecule has 0 atom stereocenters. The summed E-state index contributed by atoms with van der Waals surface area (Å²) in [5.41, 5.74) is 2.77. The Morgan fingerprint density at radius 3 is 2.74 bits per heavy atom. The highest BCUT2D eigenvalue weighted by Gasteiger charge is 2.14. The number of hydrogen-bond donors (Lipinski definition) is 2. The molecule has 0 aliphatic rings. The van der Waals surface area contributed by atoms with Gasteiger partial charge >= 0.3 is 0 Å². The van der Waals surface area contributed by atoms with Crippen LogP contribution in [-0.2, 0) is 9.53 Å². The molecule has 0 aliphatic carbocycles. The molecule has 2 rings (SSSR count). The quantitative estimate of drug-likeness (QED) is 0.909. The molecule has 1 heterocycles. The predicted octanol–water partition coefficient (Wildman–Crippen LogP) is 2.73. The van der Waals surface area contributed by atoms with Crippen molar-refractivity contribution in [1.82, 2.24) is 10.2 Å². The van der Waals surface area contributed by atoms with Gasteiger partial charge in [0, 0.05) is 22.8 Å². The molecule has 1 aromatic heterocycles. The summed E-state index contributed by atoms with van der Waals surface area (Å²) in [6, 6.07) is 7.83. The molecule has 100 valence electrons. The van der Waals surface area contributed by atoms with Crippen molar-refractivity contribution >= 4 is 27.7 Å². The fraction of sp³-hybridized carbons (Fsp3) is 0.231. The second-order valence-electron chi connectivity index (χ2n) is 4.06. The maximum atomic E-state index is 11.6. The summed E-state index contributed by atoms with van der Waals surface area (Å²) >= 11 is 3.40. The zero-order valence-electron chi connectivity index (χ0n) is 10.7. The summed E-state index contributed by atoms with van der Waals surface area (Å²) in [6.45, 7) is 1.92. The van der Waals surface area contributed by atoms with Crippen LogP contribution < -0.4 is 5.32 Å². The number of nitrogens with one attached hydrogen (secondary N) is 2. The third-order valence-corrected chi connectivity index (χ3v) is 3.14. The van der Waals surface area contributed by atoms with Crippen LogP contribution in [0, 0.1) is 6.92 Å². The lowest BCUT2D eigenvalue weighted by molar-refractivity contribution is -0.119. The predicted molar refractivity (Wildman–Crippen MR) is 77.0 cm³/mol. The average molecular weight is 324 g/mol. The van der Waals surface area contributed by atoms with E-state index in [0.29, 0.717) is 5.82 Å². The van der Waals surface area contributed by atoms with Crippen molar-refractivity contribution in [2.24, 2.45) is 0 Å². The van der Waals surface area contributed by atoms with E-state index in [0.717, 1.165) is 21.3 Å². The van der Waals surface area contributed by atoms with Crippen LogP contribution in [0.2, 0.25) is 0 Å². The van der Waals surface area contributed by atoms with E-state index < -0.39 is 0 Å². The number of ether oxygens (including phenoxy) is 1. The second kappa shape index (κ2) is 5.99. The van der Waals surface area contributed by atoms with E-state index in [1.54, 1.807) is 0 Å². The van der Waals surface area contributed by atoms with E-state index in [2.05, 4.69) is 31.4 Å². The molecule has 0 aliphatic heterocycles. The lowest BCUT2D eigenvalue weighted by Crippen LogP contribution is -2.17. The Bertz CT molecular complexity index is 578. The number of rotatable bonds is 4. The Labute approximate surface area is 119 Å². The van der Waals surface area contributed by atoms with Crippen LogP contribution in [0.4, 0.5) is 5.82 Å². The number of nitrogens with zero attached hydrogens (tertiary/aromatic N) is 1. The Kier molecular flexibility index (Phi) is 4.34. The number of benzene rings is 1. The summed E-state index contributed by atoms with van der Waals surface area (Å²) < 4.78 is 5.79. The molecule has 19 heavy (non-hydrogen) atoms. The molecule has 6 heteroatoms. The average Bonchev–Trinajstić information content (AvgIpc) is 2.72. The summed E-state index contributed by atoms with van der Waals surface area (Å²) in [6.07, 6.45) is 0. The molecule has 0 saturated carbocycles. The van der Waals surface area contributed by atoms with Gasteiger partial charge in [0.2, 0.25) is 0 Å². The van der Waals surface area contributed by atoms with Crippen LogP contribution >= 0.6 is 15.9 Å². The van der Waals surface area contributed by atoms with E-state index in [-0.39, 0.29) is 12.5 Å². The van der Waals surface area contributed by atoms with Gasteiger partial charge in [-0.3, -0.25) is 9.89 Å². The minimum Gasteiger partial charge on any atom is -0.375 e. The van der Waals surface area contributed by atoms with Gasteiger partial charge in [-0.15, -0.1) is 0 Å². The van der Waals surface area contributed by atoms with Gasteiger partial charge in [0.25, 0.3) is 5.91 Å². The fourth-order valence-corrected chi connectivity index (χ4v) is 2.05. The van der Waals surface area contributed by atoms with E-state index in [4.69, 9.17) is 4.74 Å². The largest absolute Gasteiger partial charge is 0.375 e. The van der Waals surface area contributed by atoms with E-state index in [1.807, 2.05) is 31.2 Å². The van der Waals surface area contributed by atoms with Crippen molar-refractivity contribution in [3.63, 3.8) is 0 Å². The smallest absolute Gasteiger partial charge is 0.251 e. The number of carbonyl (C=O) groups is 1. The maximum absolute atomic E-state index is 11.6. The molecule has 0 bridgehead atoms. The van der Waals surface area contributed by atoms with Crippen LogP contribution in [0.1, 0.15) is 5.69 Å². The van der Waals surface area contributed by atoms with Crippen LogP contribution in [0.5, 0.6) is 0 Å². The molecule has 5 nitrogen and oxygen atoms in total. The Balaban J connectivity index is 2.32. The Morgan fingerprint density at radius 2 is 2.11 bits per heavy atom. The first kappa shape index (κ1) is 13.8.